The fraction of sp³-hybridized carbons (Fsp3) is 0.222. The Morgan fingerprint density at radius 3 is 1.79 bits per heavy atom. The van der Waals surface area contributed by atoms with E-state index in [0.717, 1.165) is 11.1 Å². The van der Waals surface area contributed by atoms with Crippen LogP contribution in [0.2, 0.25) is 0 Å². The van der Waals surface area contributed by atoms with Crippen molar-refractivity contribution in [2.24, 2.45) is 0 Å². The van der Waals surface area contributed by atoms with Crippen LogP contribution >= 0.6 is 0 Å². The molecule has 0 aliphatic rings. The average molecular weight is 330 g/mol. The first-order chi connectivity index (χ1) is 11.4. The van der Waals surface area contributed by atoms with Crippen LogP contribution in [0.15, 0.2) is 48.5 Å². The number of aliphatic hydroxyl groups is 1. The maximum atomic E-state index is 12.0. The van der Waals surface area contributed by atoms with Gasteiger partial charge < -0.3 is 19.7 Å². The molecule has 24 heavy (non-hydrogen) atoms. The number of benzene rings is 2. The summed E-state index contributed by atoms with van der Waals surface area (Å²) in [4.78, 5) is 23.3. The second kappa shape index (κ2) is 7.61. The highest BCUT2D eigenvalue weighted by Gasteiger charge is 2.35. The zero-order valence-electron chi connectivity index (χ0n) is 13.3. The van der Waals surface area contributed by atoms with Gasteiger partial charge in [-0.25, -0.2) is 9.59 Å². The number of hydrogen-bond acceptors (Lipinski definition) is 5. The van der Waals surface area contributed by atoms with E-state index < -0.39 is 24.1 Å². The minimum atomic E-state index is -1.97. The van der Waals surface area contributed by atoms with E-state index >= 15 is 0 Å². The highest BCUT2D eigenvalue weighted by Crippen LogP contribution is 2.17. The first-order valence-corrected chi connectivity index (χ1v) is 7.29. The van der Waals surface area contributed by atoms with E-state index in [1.165, 1.54) is 0 Å². The second-order valence-corrected chi connectivity index (χ2v) is 5.37. The molecule has 2 aromatic carbocycles. The summed E-state index contributed by atoms with van der Waals surface area (Å²) in [6, 6.07) is 13.1. The predicted octanol–water partition coefficient (Wildman–Crippen LogP) is 2.10. The Morgan fingerprint density at radius 2 is 1.33 bits per heavy atom. The molecule has 2 atom stereocenters. The summed E-state index contributed by atoms with van der Waals surface area (Å²) in [7, 11) is 0. The van der Waals surface area contributed by atoms with Crippen LogP contribution in [0.4, 0.5) is 0 Å². The topological polar surface area (TPSA) is 93.1 Å². The summed E-state index contributed by atoms with van der Waals surface area (Å²) in [5.74, 6) is -2.12. The lowest BCUT2D eigenvalue weighted by molar-refractivity contribution is -0.162. The maximum absolute atomic E-state index is 12.0. The van der Waals surface area contributed by atoms with E-state index in [9.17, 15) is 19.8 Å². The van der Waals surface area contributed by atoms with Gasteiger partial charge in [-0.1, -0.05) is 35.4 Å². The summed E-state index contributed by atoms with van der Waals surface area (Å²) >= 11 is 0. The van der Waals surface area contributed by atoms with Crippen molar-refractivity contribution in [3.05, 3.63) is 59.7 Å². The zero-order valence-corrected chi connectivity index (χ0v) is 13.3. The van der Waals surface area contributed by atoms with E-state index in [1.54, 1.807) is 48.5 Å². The summed E-state index contributed by atoms with van der Waals surface area (Å²) < 4.78 is 10.2. The van der Waals surface area contributed by atoms with Gasteiger partial charge in [-0.05, 0) is 38.1 Å². The van der Waals surface area contributed by atoms with Crippen LogP contribution in [0.25, 0.3) is 0 Å². The standard InChI is InChI=1S/C18H18O6/c1-11-3-7-13(8-4-11)23-16(17(20)21)15(19)18(22)24-14-9-5-12(2)6-10-14/h3-10,15-16,19H,1-2H3,(H,20,21)/t15-,16-/m1/s1. The number of rotatable bonds is 6. The lowest BCUT2D eigenvalue weighted by Crippen LogP contribution is -2.45. The van der Waals surface area contributed by atoms with Crippen LogP contribution in [0.3, 0.4) is 0 Å². The van der Waals surface area contributed by atoms with Gasteiger partial charge in [0.05, 0.1) is 0 Å². The number of hydrogen-bond donors (Lipinski definition) is 2. The summed E-state index contributed by atoms with van der Waals surface area (Å²) in [6.45, 7) is 3.74. The maximum Gasteiger partial charge on any atom is 0.348 e. The zero-order chi connectivity index (χ0) is 17.7. The molecule has 0 heterocycles. The van der Waals surface area contributed by atoms with Crippen molar-refractivity contribution in [1.29, 1.82) is 0 Å². The van der Waals surface area contributed by atoms with Crippen molar-refractivity contribution >= 4 is 11.9 Å². The number of aliphatic hydroxyl groups excluding tert-OH is 1. The molecule has 0 aliphatic heterocycles. The number of esters is 1. The Kier molecular flexibility index (Phi) is 5.55. The molecular weight excluding hydrogens is 312 g/mol. The monoisotopic (exact) mass is 330 g/mol. The van der Waals surface area contributed by atoms with E-state index in [-0.39, 0.29) is 11.5 Å². The molecule has 0 saturated carbocycles. The molecular formula is C18H18O6. The van der Waals surface area contributed by atoms with Crippen molar-refractivity contribution in [1.82, 2.24) is 0 Å². The fourth-order valence-corrected chi connectivity index (χ4v) is 1.92. The van der Waals surface area contributed by atoms with Gasteiger partial charge in [-0.2, -0.15) is 0 Å². The molecule has 6 nitrogen and oxygen atoms in total. The van der Waals surface area contributed by atoms with Gasteiger partial charge in [-0.15, -0.1) is 0 Å². The molecule has 0 unspecified atom stereocenters. The number of carbonyl (C=O) groups excluding carboxylic acids is 1. The molecule has 0 radical (unpaired) electrons. The Morgan fingerprint density at radius 1 is 0.875 bits per heavy atom. The summed E-state index contributed by atoms with van der Waals surface area (Å²) in [6.07, 6.45) is -3.74. The number of aryl methyl sites for hydroxylation is 2. The molecule has 2 N–H and O–H groups in total. The Hall–Kier alpha value is -2.86. The minimum Gasteiger partial charge on any atom is -0.478 e. The first-order valence-electron chi connectivity index (χ1n) is 7.29. The molecule has 0 aromatic heterocycles. The quantitative estimate of drug-likeness (QED) is 0.622. The van der Waals surface area contributed by atoms with Gasteiger partial charge in [0.1, 0.15) is 11.5 Å². The molecule has 0 amide bonds. The lowest BCUT2D eigenvalue weighted by Gasteiger charge is -2.19. The largest absolute Gasteiger partial charge is 0.478 e. The highest BCUT2D eigenvalue weighted by molar-refractivity contribution is 5.85. The lowest BCUT2D eigenvalue weighted by atomic mass is 10.2. The van der Waals surface area contributed by atoms with Crippen LogP contribution in [0, 0.1) is 13.8 Å². The number of aliphatic carboxylic acids is 1. The van der Waals surface area contributed by atoms with Gasteiger partial charge in [0.25, 0.3) is 0 Å². The number of carbonyl (C=O) groups is 2. The van der Waals surface area contributed by atoms with Crippen molar-refractivity contribution in [3.8, 4) is 11.5 Å². The highest BCUT2D eigenvalue weighted by atomic mass is 16.6. The van der Waals surface area contributed by atoms with Crippen LogP contribution in [0.1, 0.15) is 11.1 Å². The van der Waals surface area contributed by atoms with E-state index in [4.69, 9.17) is 9.47 Å². The third kappa shape index (κ3) is 4.57. The van der Waals surface area contributed by atoms with Crippen molar-refractivity contribution in [2.75, 3.05) is 0 Å². The third-order valence-corrected chi connectivity index (χ3v) is 3.30. The molecule has 0 bridgehead atoms. The molecule has 0 spiro atoms. The fourth-order valence-electron chi connectivity index (χ4n) is 1.92. The van der Waals surface area contributed by atoms with Gasteiger partial charge in [0.15, 0.2) is 6.10 Å². The molecule has 0 saturated heterocycles. The van der Waals surface area contributed by atoms with Crippen LogP contribution in [-0.2, 0) is 9.59 Å². The summed E-state index contributed by atoms with van der Waals surface area (Å²) in [5.41, 5.74) is 1.94. The normalized spacial score (nSPS) is 13.0. The average Bonchev–Trinajstić information content (AvgIpc) is 2.55. The SMILES string of the molecule is Cc1ccc(OC(=O)[C@H](O)[C@@H](Oc2ccc(C)cc2)C(=O)O)cc1. The van der Waals surface area contributed by atoms with Crippen molar-refractivity contribution < 1.29 is 29.3 Å². The molecule has 6 heteroatoms. The number of ether oxygens (including phenoxy) is 2. The predicted molar refractivity (Wildman–Crippen MR) is 86.1 cm³/mol. The van der Waals surface area contributed by atoms with Gasteiger partial charge in [0, 0.05) is 0 Å². The van der Waals surface area contributed by atoms with Gasteiger partial charge in [0.2, 0.25) is 6.10 Å². The Labute approximate surface area is 139 Å². The van der Waals surface area contributed by atoms with Crippen molar-refractivity contribution in [3.63, 3.8) is 0 Å². The smallest absolute Gasteiger partial charge is 0.348 e. The van der Waals surface area contributed by atoms with Crippen molar-refractivity contribution in [2.45, 2.75) is 26.1 Å². The first kappa shape index (κ1) is 17.5. The third-order valence-electron chi connectivity index (χ3n) is 3.30. The molecule has 2 rings (SSSR count). The Bertz CT molecular complexity index is 705. The summed E-state index contributed by atoms with van der Waals surface area (Å²) in [5, 5.41) is 19.2. The van der Waals surface area contributed by atoms with Gasteiger partial charge in [-0.3, -0.25) is 0 Å². The molecule has 0 fully saturated rings. The van der Waals surface area contributed by atoms with E-state index in [2.05, 4.69) is 0 Å². The van der Waals surface area contributed by atoms with Crippen LogP contribution < -0.4 is 9.47 Å². The van der Waals surface area contributed by atoms with Crippen LogP contribution in [0.5, 0.6) is 11.5 Å². The Balaban J connectivity index is 2.08. The molecule has 0 aliphatic carbocycles. The number of carboxylic acids is 1. The molecule has 2 aromatic rings. The van der Waals surface area contributed by atoms with Gasteiger partial charge >= 0.3 is 11.9 Å². The van der Waals surface area contributed by atoms with Crippen LogP contribution in [-0.4, -0.2) is 34.4 Å². The second-order valence-electron chi connectivity index (χ2n) is 5.37. The molecule has 126 valence electrons. The number of carboxylic acid groups (broad SMARTS) is 1. The van der Waals surface area contributed by atoms with E-state index in [0.29, 0.717) is 0 Å². The van der Waals surface area contributed by atoms with E-state index in [1.807, 2.05) is 13.8 Å². The minimum absolute atomic E-state index is 0.212.